The number of hydrogen-bond acceptors (Lipinski definition) is 4. The first-order valence-electron chi connectivity index (χ1n) is 8.19. The van der Waals surface area contributed by atoms with Gasteiger partial charge in [0, 0.05) is 12.4 Å². The Bertz CT molecular complexity index is 1350. The first-order valence-corrected chi connectivity index (χ1v) is 8.19. The Labute approximate surface area is 147 Å². The van der Waals surface area contributed by atoms with E-state index in [-0.39, 0.29) is 5.56 Å². The molecular weight excluding hydrogens is 328 g/mol. The van der Waals surface area contributed by atoms with Gasteiger partial charge in [-0.3, -0.25) is 13.8 Å². The normalized spacial score (nSPS) is 11.4. The van der Waals surface area contributed by atoms with Gasteiger partial charge in [0.1, 0.15) is 5.75 Å². The van der Waals surface area contributed by atoms with Crippen molar-refractivity contribution in [3.63, 3.8) is 0 Å². The molecule has 6 nitrogen and oxygen atoms in total. The SMILES string of the molecule is COc1ccccc1-n1ccc2c(cnc3nc4ccccc4n32)c1=O. The molecule has 2 aromatic carbocycles. The summed E-state index contributed by atoms with van der Waals surface area (Å²) in [6.45, 7) is 0. The Balaban J connectivity index is 1.88. The van der Waals surface area contributed by atoms with E-state index in [4.69, 9.17) is 4.74 Å². The smallest absolute Gasteiger partial charge is 0.266 e. The predicted molar refractivity (Wildman–Crippen MR) is 100 cm³/mol. The summed E-state index contributed by atoms with van der Waals surface area (Å²) in [5.41, 5.74) is 3.09. The lowest BCUT2D eigenvalue weighted by atomic mass is 10.2. The molecule has 0 amide bonds. The molecule has 0 unspecified atom stereocenters. The molecule has 0 radical (unpaired) electrons. The summed E-state index contributed by atoms with van der Waals surface area (Å²) in [7, 11) is 1.59. The number of fused-ring (bicyclic) bond motifs is 5. The number of imidazole rings is 1. The molecule has 6 heteroatoms. The van der Waals surface area contributed by atoms with Gasteiger partial charge in [0.25, 0.3) is 5.56 Å². The maximum Gasteiger partial charge on any atom is 0.266 e. The van der Waals surface area contributed by atoms with Crippen molar-refractivity contribution in [1.29, 1.82) is 0 Å². The second-order valence-electron chi connectivity index (χ2n) is 5.96. The predicted octanol–water partition coefficient (Wildman–Crippen LogP) is 3.20. The summed E-state index contributed by atoms with van der Waals surface area (Å²) in [6, 6.07) is 17.1. The zero-order valence-corrected chi connectivity index (χ0v) is 14.0. The van der Waals surface area contributed by atoms with Gasteiger partial charge in [0.05, 0.1) is 34.7 Å². The van der Waals surface area contributed by atoms with Crippen molar-refractivity contribution in [2.24, 2.45) is 0 Å². The van der Waals surface area contributed by atoms with Crippen molar-refractivity contribution >= 4 is 27.7 Å². The van der Waals surface area contributed by atoms with Gasteiger partial charge in [-0.25, -0.2) is 9.97 Å². The maximum atomic E-state index is 13.1. The van der Waals surface area contributed by atoms with Crippen molar-refractivity contribution in [2.75, 3.05) is 7.11 Å². The molecule has 0 aliphatic carbocycles. The molecule has 0 spiro atoms. The average Bonchev–Trinajstić information content (AvgIpc) is 3.07. The first kappa shape index (κ1) is 14.7. The van der Waals surface area contributed by atoms with E-state index in [1.165, 1.54) is 0 Å². The van der Waals surface area contributed by atoms with Crippen LogP contribution < -0.4 is 10.3 Å². The van der Waals surface area contributed by atoms with Crippen LogP contribution in [0.1, 0.15) is 0 Å². The molecule has 0 aliphatic rings. The minimum atomic E-state index is -0.154. The Morgan fingerprint density at radius 2 is 1.77 bits per heavy atom. The summed E-state index contributed by atoms with van der Waals surface area (Å²) >= 11 is 0. The Morgan fingerprint density at radius 1 is 0.962 bits per heavy atom. The van der Waals surface area contributed by atoms with Crippen LogP contribution in [0.2, 0.25) is 0 Å². The quantitative estimate of drug-likeness (QED) is 0.494. The standard InChI is InChI=1S/C20H14N4O2/c1-26-18-9-5-4-8-17(18)23-11-10-15-13(19(23)25)12-21-20-22-14-6-2-3-7-16(14)24(15)20/h2-12H,1H3. The van der Waals surface area contributed by atoms with Crippen LogP contribution in [0.3, 0.4) is 0 Å². The highest BCUT2D eigenvalue weighted by molar-refractivity contribution is 5.88. The third-order valence-electron chi connectivity index (χ3n) is 4.54. The second kappa shape index (κ2) is 5.42. The maximum absolute atomic E-state index is 13.1. The number of para-hydroxylation sites is 4. The molecule has 0 fully saturated rings. The van der Waals surface area contributed by atoms with Crippen LogP contribution in [0.15, 0.2) is 71.8 Å². The van der Waals surface area contributed by atoms with Crippen LogP contribution in [0, 0.1) is 0 Å². The number of hydrogen-bond donors (Lipinski definition) is 0. The first-order chi connectivity index (χ1) is 12.8. The summed E-state index contributed by atoms with van der Waals surface area (Å²) in [6.07, 6.45) is 3.35. The third kappa shape index (κ3) is 1.96. The molecule has 0 saturated carbocycles. The summed E-state index contributed by atoms with van der Waals surface area (Å²) in [4.78, 5) is 22.1. The van der Waals surface area contributed by atoms with Gasteiger partial charge in [-0.2, -0.15) is 0 Å². The minimum Gasteiger partial charge on any atom is -0.495 e. The molecule has 5 rings (SSSR count). The lowest BCUT2D eigenvalue weighted by Crippen LogP contribution is -2.19. The van der Waals surface area contributed by atoms with Crippen molar-refractivity contribution in [2.45, 2.75) is 0 Å². The topological polar surface area (TPSA) is 61.4 Å². The monoisotopic (exact) mass is 342 g/mol. The fourth-order valence-electron chi connectivity index (χ4n) is 3.34. The number of benzene rings is 2. The van der Waals surface area contributed by atoms with Crippen LogP contribution in [-0.4, -0.2) is 26.0 Å². The van der Waals surface area contributed by atoms with Gasteiger partial charge in [-0.1, -0.05) is 24.3 Å². The van der Waals surface area contributed by atoms with Crippen molar-refractivity contribution in [3.8, 4) is 11.4 Å². The molecule has 0 bridgehead atoms. The number of nitrogens with zero attached hydrogens (tertiary/aromatic N) is 4. The highest BCUT2D eigenvalue weighted by Crippen LogP contribution is 2.23. The van der Waals surface area contributed by atoms with Crippen molar-refractivity contribution in [3.05, 3.63) is 77.3 Å². The van der Waals surface area contributed by atoms with Gasteiger partial charge < -0.3 is 4.74 Å². The second-order valence-corrected chi connectivity index (χ2v) is 5.96. The van der Waals surface area contributed by atoms with Gasteiger partial charge in [0.15, 0.2) is 0 Å². The van der Waals surface area contributed by atoms with Crippen molar-refractivity contribution < 1.29 is 4.74 Å². The van der Waals surface area contributed by atoms with Crippen LogP contribution in [0.25, 0.3) is 33.4 Å². The number of methoxy groups -OCH3 is 1. The van der Waals surface area contributed by atoms with E-state index in [1.54, 1.807) is 24.1 Å². The highest BCUT2D eigenvalue weighted by atomic mass is 16.5. The Kier molecular flexibility index (Phi) is 3.05. The molecule has 126 valence electrons. The number of ether oxygens (including phenoxy) is 1. The third-order valence-corrected chi connectivity index (χ3v) is 4.54. The van der Waals surface area contributed by atoms with Crippen LogP contribution in [0.4, 0.5) is 0 Å². The summed E-state index contributed by atoms with van der Waals surface area (Å²) in [5.74, 6) is 1.21. The molecule has 0 atom stereocenters. The Hall–Kier alpha value is -3.67. The van der Waals surface area contributed by atoms with Crippen LogP contribution >= 0.6 is 0 Å². The zero-order valence-electron chi connectivity index (χ0n) is 14.0. The van der Waals surface area contributed by atoms with Crippen molar-refractivity contribution in [1.82, 2.24) is 18.9 Å². The fourth-order valence-corrected chi connectivity index (χ4v) is 3.34. The minimum absolute atomic E-state index is 0.154. The van der Waals surface area contributed by atoms with Gasteiger partial charge in [0.2, 0.25) is 5.78 Å². The molecular formula is C20H14N4O2. The molecule has 3 heterocycles. The molecule has 0 saturated heterocycles. The van der Waals surface area contributed by atoms with E-state index in [9.17, 15) is 4.79 Å². The lowest BCUT2D eigenvalue weighted by Gasteiger charge is -2.12. The van der Waals surface area contributed by atoms with Gasteiger partial charge >= 0.3 is 0 Å². The fraction of sp³-hybridized carbons (Fsp3) is 0.0500. The molecule has 0 aliphatic heterocycles. The number of pyridine rings is 1. The van der Waals surface area contributed by atoms with E-state index < -0.39 is 0 Å². The summed E-state index contributed by atoms with van der Waals surface area (Å²) in [5, 5.41) is 0.522. The van der Waals surface area contributed by atoms with E-state index in [1.807, 2.05) is 59.0 Å². The molecule has 5 aromatic rings. The average molecular weight is 342 g/mol. The van der Waals surface area contributed by atoms with Crippen LogP contribution in [0.5, 0.6) is 5.75 Å². The zero-order chi connectivity index (χ0) is 17.7. The summed E-state index contributed by atoms with van der Waals surface area (Å²) < 4.78 is 8.88. The van der Waals surface area contributed by atoms with Gasteiger partial charge in [-0.05, 0) is 30.3 Å². The van der Waals surface area contributed by atoms with E-state index in [0.29, 0.717) is 22.6 Å². The Morgan fingerprint density at radius 3 is 2.65 bits per heavy atom. The largest absolute Gasteiger partial charge is 0.495 e. The highest BCUT2D eigenvalue weighted by Gasteiger charge is 2.13. The lowest BCUT2D eigenvalue weighted by molar-refractivity contribution is 0.412. The van der Waals surface area contributed by atoms with E-state index >= 15 is 0 Å². The van der Waals surface area contributed by atoms with E-state index in [0.717, 1.165) is 16.6 Å². The molecule has 3 aromatic heterocycles. The molecule has 26 heavy (non-hydrogen) atoms. The number of rotatable bonds is 2. The molecule has 0 N–H and O–H groups in total. The van der Waals surface area contributed by atoms with Gasteiger partial charge in [-0.15, -0.1) is 0 Å². The van der Waals surface area contributed by atoms with Crippen LogP contribution in [-0.2, 0) is 0 Å². The van der Waals surface area contributed by atoms with E-state index in [2.05, 4.69) is 9.97 Å². The number of aromatic nitrogens is 4.